The molecule has 2 rings (SSSR count). The van der Waals surface area contributed by atoms with Crippen molar-refractivity contribution in [1.29, 1.82) is 0 Å². The van der Waals surface area contributed by atoms with E-state index in [-0.39, 0.29) is 89.2 Å². The summed E-state index contributed by atoms with van der Waals surface area (Å²) in [6.45, 7) is -0.473. The van der Waals surface area contributed by atoms with Crippen molar-refractivity contribution >= 4 is 46.9 Å². The number of aliphatic imine (C=N–C) groups is 1. The van der Waals surface area contributed by atoms with Crippen LogP contribution in [0.3, 0.4) is 0 Å². The Hall–Kier alpha value is -2.03. The molecule has 1 unspecified atom stereocenters. The van der Waals surface area contributed by atoms with Crippen molar-refractivity contribution in [1.82, 2.24) is 19.6 Å². The summed E-state index contributed by atoms with van der Waals surface area (Å²) in [7, 11) is 0. The molecule has 1 N–H and O–H groups in total. The minimum absolute atomic E-state index is 0. The number of carbonyl (C=O) groups is 4. The molecule has 0 amide bonds. The van der Waals surface area contributed by atoms with Crippen LogP contribution in [0.25, 0.3) is 0 Å². The number of benzene rings is 1. The quantitative estimate of drug-likeness (QED) is 0.172. The molecule has 39 heavy (non-hydrogen) atoms. The fraction of sp³-hybridized carbons (Fsp3) is 0.542. The summed E-state index contributed by atoms with van der Waals surface area (Å²) >= 11 is 4.62. The smallest absolute Gasteiger partial charge is 0.549 e. The number of aliphatic carboxylic acids is 4. The van der Waals surface area contributed by atoms with Crippen LogP contribution in [0.1, 0.15) is 5.56 Å². The van der Waals surface area contributed by atoms with Gasteiger partial charge >= 0.3 is 42.8 Å². The van der Waals surface area contributed by atoms with E-state index in [0.29, 0.717) is 12.1 Å². The predicted octanol–water partition coefficient (Wildman–Crippen LogP) is -4.11. The molecule has 0 saturated carbocycles. The van der Waals surface area contributed by atoms with Gasteiger partial charge in [0.1, 0.15) is 0 Å². The van der Waals surface area contributed by atoms with Gasteiger partial charge in [0, 0.05) is 71.5 Å². The van der Waals surface area contributed by atoms with Crippen LogP contribution >= 0.6 is 12.2 Å². The Morgan fingerprint density at radius 2 is 1.28 bits per heavy atom. The van der Waals surface area contributed by atoms with Crippen LogP contribution in [0.15, 0.2) is 29.3 Å². The molecule has 220 valence electrons. The van der Waals surface area contributed by atoms with Crippen molar-refractivity contribution in [3.8, 4) is 0 Å². The van der Waals surface area contributed by atoms with Crippen LogP contribution in [0, 0.1) is 36.9 Å². The van der Waals surface area contributed by atoms with Crippen molar-refractivity contribution in [2.75, 3.05) is 72.0 Å². The van der Waals surface area contributed by atoms with Gasteiger partial charge in [0.15, 0.2) is 0 Å². The Morgan fingerprint density at radius 3 is 1.74 bits per heavy atom. The molecule has 1 atom stereocenters. The van der Waals surface area contributed by atoms with Crippen LogP contribution in [-0.2, 0) is 25.6 Å². The zero-order valence-electron chi connectivity index (χ0n) is 21.1. The Kier molecular flexibility index (Phi) is 16.5. The minimum atomic E-state index is -1.32. The normalized spacial score (nSPS) is 18.5. The maximum absolute atomic E-state index is 11.7. The fourth-order valence-electron chi connectivity index (χ4n) is 4.36. The molecule has 0 bridgehead atoms. The van der Waals surface area contributed by atoms with E-state index in [0.717, 1.165) is 5.56 Å². The van der Waals surface area contributed by atoms with Crippen molar-refractivity contribution in [3.63, 3.8) is 0 Å². The first-order valence-corrected chi connectivity index (χ1v) is 12.4. The van der Waals surface area contributed by atoms with E-state index in [1.165, 1.54) is 0 Å². The van der Waals surface area contributed by atoms with Crippen LogP contribution in [0.5, 0.6) is 0 Å². The monoisotopic (exact) mass is 723 g/mol. The Labute approximate surface area is 260 Å². The number of hydrogen-bond acceptors (Lipinski definition) is 13. The number of thiocarbonyl (C=S) groups is 1. The summed E-state index contributed by atoms with van der Waals surface area (Å²) in [4.78, 5) is 56.1. The second kappa shape index (κ2) is 18.3. The standard InChI is InChI=1S/C24H33N5O8S.Lu/c30-21(31)13-26-5-6-27(14-22(32)33)9-10-29(16-24(36)37)20(12-28(8-7-26)15-23(34)35)11-18-1-3-19(4-2-18)25-17-38;/h1-4,20H,5-16H2,(H,30,31)(H,32,33)(H,34,35)(H,36,37);/q;+3/p-3. The van der Waals surface area contributed by atoms with Gasteiger partial charge in [-0.2, -0.15) is 4.99 Å². The molecule has 0 aromatic heterocycles. The summed E-state index contributed by atoms with van der Waals surface area (Å²) in [5.41, 5.74) is 1.42. The average molecular weight is 724 g/mol. The van der Waals surface area contributed by atoms with Gasteiger partial charge in [0.05, 0.1) is 35.3 Å². The summed E-state index contributed by atoms with van der Waals surface area (Å²) in [6.07, 6.45) is 0.349. The number of hydrogen-bond donors (Lipinski definition) is 1. The molecule has 15 heteroatoms. The number of carboxylic acid groups (broad SMARTS) is 4. The minimum Gasteiger partial charge on any atom is -0.549 e. The molecule has 0 aliphatic carbocycles. The molecule has 1 aliphatic heterocycles. The summed E-state index contributed by atoms with van der Waals surface area (Å²) < 4.78 is 0. The van der Waals surface area contributed by atoms with Gasteiger partial charge in [-0.05, 0) is 36.3 Å². The van der Waals surface area contributed by atoms with Crippen molar-refractivity contribution in [2.45, 2.75) is 12.5 Å². The number of nitrogens with zero attached hydrogens (tertiary/aromatic N) is 5. The molecule has 1 aromatic rings. The van der Waals surface area contributed by atoms with Crippen LogP contribution in [0.2, 0.25) is 0 Å². The van der Waals surface area contributed by atoms with E-state index in [2.05, 4.69) is 22.4 Å². The van der Waals surface area contributed by atoms with Gasteiger partial charge in [0.2, 0.25) is 0 Å². The third-order valence-electron chi connectivity index (χ3n) is 6.13. The number of carboxylic acids is 4. The zero-order valence-corrected chi connectivity index (χ0v) is 23.6. The average Bonchev–Trinajstić information content (AvgIpc) is 2.82. The van der Waals surface area contributed by atoms with Gasteiger partial charge in [0.25, 0.3) is 0 Å². The first kappa shape index (κ1) is 35.0. The molecule has 13 nitrogen and oxygen atoms in total. The maximum atomic E-state index is 11.7. The third kappa shape index (κ3) is 14.3. The zero-order chi connectivity index (χ0) is 28.1. The topological polar surface area (TPSA) is 183 Å². The Bertz CT molecular complexity index is 1020. The van der Waals surface area contributed by atoms with E-state index in [1.807, 2.05) is 0 Å². The SMILES string of the molecule is O=C([O-])CN1CCN(CC(=O)[O-])CCN(CC(=O)O)C(Cc2ccc(N=C=S)cc2)CN(CC(=O)[O-])CC1.[Lu+3]. The number of carbonyl (C=O) groups excluding carboxylic acids is 3. The Morgan fingerprint density at radius 1 is 0.821 bits per heavy atom. The van der Waals surface area contributed by atoms with Gasteiger partial charge in [-0.3, -0.25) is 24.4 Å². The Balaban J connectivity index is 0.00000760. The van der Waals surface area contributed by atoms with Crippen LogP contribution in [-0.4, -0.2) is 132 Å². The van der Waals surface area contributed by atoms with Crippen molar-refractivity contribution < 1.29 is 76.5 Å². The summed E-state index contributed by atoms with van der Waals surface area (Å²) in [6, 6.07) is 6.57. The molecular formula is C24H30LuN5O8S. The summed E-state index contributed by atoms with van der Waals surface area (Å²) in [5, 5.41) is 46.0. The van der Waals surface area contributed by atoms with E-state index in [4.69, 9.17) is 0 Å². The molecule has 1 saturated heterocycles. The fourth-order valence-corrected chi connectivity index (χ4v) is 4.47. The summed E-state index contributed by atoms with van der Waals surface area (Å²) in [5.74, 6) is -5.05. The molecule has 1 aromatic carbocycles. The molecule has 1 aliphatic rings. The first-order chi connectivity index (χ1) is 18.0. The maximum Gasteiger partial charge on any atom is 3.00 e. The van der Waals surface area contributed by atoms with Crippen molar-refractivity contribution in [2.24, 2.45) is 4.99 Å². The van der Waals surface area contributed by atoms with E-state index >= 15 is 0 Å². The molecular weight excluding hydrogens is 693 g/mol. The van der Waals surface area contributed by atoms with Crippen LogP contribution < -0.4 is 15.3 Å². The predicted molar refractivity (Wildman–Crippen MR) is 132 cm³/mol. The second-order valence-corrected chi connectivity index (χ2v) is 9.18. The largest absolute Gasteiger partial charge is 3.00 e. The first-order valence-electron chi connectivity index (χ1n) is 11.9. The number of isothiocyanates is 1. The van der Waals surface area contributed by atoms with Gasteiger partial charge in [-0.25, -0.2) is 0 Å². The molecule has 0 spiro atoms. The van der Waals surface area contributed by atoms with E-state index < -0.39 is 49.6 Å². The van der Waals surface area contributed by atoms with E-state index in [1.54, 1.807) is 43.9 Å². The van der Waals surface area contributed by atoms with E-state index in [9.17, 15) is 39.6 Å². The van der Waals surface area contributed by atoms with Crippen molar-refractivity contribution in [3.05, 3.63) is 29.8 Å². The third-order valence-corrected chi connectivity index (χ3v) is 6.22. The van der Waals surface area contributed by atoms with Gasteiger partial charge in [-0.15, -0.1) is 0 Å². The molecule has 1 heterocycles. The van der Waals surface area contributed by atoms with Gasteiger partial charge in [-0.1, -0.05) is 12.1 Å². The second-order valence-electron chi connectivity index (χ2n) is 9.00. The number of rotatable bonds is 11. The molecule has 1 fully saturated rings. The van der Waals surface area contributed by atoms with Crippen LogP contribution in [0.4, 0.5) is 5.69 Å². The molecule has 0 radical (unpaired) electrons. The van der Waals surface area contributed by atoms with Gasteiger partial charge < -0.3 is 34.8 Å².